The molecule has 6 heteroatoms. The van der Waals surface area contributed by atoms with Gasteiger partial charge in [0, 0.05) is 26.2 Å². The summed E-state index contributed by atoms with van der Waals surface area (Å²) >= 11 is 0. The standard InChI is InChI=1S/C11H23N3O3/c1-11(2,3)17-10(16)13-8-5-14(6-8)7-9(15)4-12/h8-9,15H,4-7,12H2,1-3H3,(H,13,16). The van der Waals surface area contributed by atoms with Crippen molar-refractivity contribution in [1.82, 2.24) is 10.2 Å². The number of nitrogens with two attached hydrogens (primary N) is 1. The number of hydrogen-bond donors (Lipinski definition) is 3. The van der Waals surface area contributed by atoms with Gasteiger partial charge in [0.05, 0.1) is 12.1 Å². The number of alkyl carbamates (subject to hydrolysis) is 1. The maximum Gasteiger partial charge on any atom is 0.407 e. The number of amides is 1. The van der Waals surface area contributed by atoms with Crippen molar-refractivity contribution in [2.75, 3.05) is 26.2 Å². The van der Waals surface area contributed by atoms with Crippen LogP contribution in [0.5, 0.6) is 0 Å². The van der Waals surface area contributed by atoms with Gasteiger partial charge in [-0.3, -0.25) is 4.90 Å². The Morgan fingerprint density at radius 3 is 2.65 bits per heavy atom. The zero-order chi connectivity index (χ0) is 13.1. The number of aliphatic hydroxyl groups is 1. The lowest BCUT2D eigenvalue weighted by Crippen LogP contribution is -2.61. The van der Waals surface area contributed by atoms with E-state index in [1.165, 1.54) is 0 Å². The second-order valence-electron chi connectivity index (χ2n) is 5.45. The van der Waals surface area contributed by atoms with Crippen molar-refractivity contribution in [1.29, 1.82) is 0 Å². The van der Waals surface area contributed by atoms with Crippen molar-refractivity contribution < 1.29 is 14.6 Å². The molecule has 0 radical (unpaired) electrons. The maximum atomic E-state index is 11.4. The number of β-amino-alcohol motifs (C(OH)–C–C–N with tert-alkyl or cyclic N) is 1. The molecule has 1 atom stereocenters. The first kappa shape index (κ1) is 14.2. The fourth-order valence-corrected chi connectivity index (χ4v) is 1.66. The topological polar surface area (TPSA) is 87.8 Å². The zero-order valence-corrected chi connectivity index (χ0v) is 10.8. The van der Waals surface area contributed by atoms with Crippen molar-refractivity contribution in [2.45, 2.75) is 38.5 Å². The minimum absolute atomic E-state index is 0.106. The zero-order valence-electron chi connectivity index (χ0n) is 10.8. The summed E-state index contributed by atoms with van der Waals surface area (Å²) in [6.45, 7) is 7.78. The quantitative estimate of drug-likeness (QED) is 0.622. The van der Waals surface area contributed by atoms with Crippen LogP contribution in [-0.2, 0) is 4.74 Å². The predicted molar refractivity (Wildman–Crippen MR) is 64.7 cm³/mol. The molecule has 1 aliphatic heterocycles. The van der Waals surface area contributed by atoms with Gasteiger partial charge in [-0.15, -0.1) is 0 Å². The van der Waals surface area contributed by atoms with Crippen LogP contribution in [0.4, 0.5) is 4.79 Å². The van der Waals surface area contributed by atoms with E-state index in [0.29, 0.717) is 6.54 Å². The molecule has 1 unspecified atom stereocenters. The maximum absolute atomic E-state index is 11.4. The minimum Gasteiger partial charge on any atom is -0.444 e. The lowest BCUT2D eigenvalue weighted by molar-refractivity contribution is 0.0311. The number of carbonyl (C=O) groups is 1. The number of likely N-dealkylation sites (tertiary alicyclic amines) is 1. The molecule has 1 rings (SSSR count). The molecule has 0 aliphatic carbocycles. The first-order chi connectivity index (χ1) is 7.80. The van der Waals surface area contributed by atoms with Gasteiger partial charge in [-0.1, -0.05) is 0 Å². The molecule has 4 N–H and O–H groups in total. The summed E-state index contributed by atoms with van der Waals surface area (Å²) < 4.78 is 5.14. The molecule has 0 spiro atoms. The molecule has 6 nitrogen and oxygen atoms in total. The van der Waals surface area contributed by atoms with E-state index < -0.39 is 11.7 Å². The van der Waals surface area contributed by atoms with Crippen molar-refractivity contribution in [2.24, 2.45) is 5.73 Å². The number of hydrogen-bond acceptors (Lipinski definition) is 5. The Balaban J connectivity index is 2.15. The SMILES string of the molecule is CC(C)(C)OC(=O)NC1CN(CC(O)CN)C1. The number of nitrogens with zero attached hydrogens (tertiary/aromatic N) is 1. The number of aliphatic hydroxyl groups excluding tert-OH is 1. The fourth-order valence-electron chi connectivity index (χ4n) is 1.66. The van der Waals surface area contributed by atoms with Gasteiger partial charge in [0.2, 0.25) is 0 Å². The van der Waals surface area contributed by atoms with Gasteiger partial charge in [0.25, 0.3) is 0 Å². The van der Waals surface area contributed by atoms with Gasteiger partial charge >= 0.3 is 6.09 Å². The first-order valence-corrected chi connectivity index (χ1v) is 5.90. The molecular weight excluding hydrogens is 222 g/mol. The Bertz CT molecular complexity index is 259. The molecular formula is C11H23N3O3. The molecule has 0 bridgehead atoms. The van der Waals surface area contributed by atoms with E-state index in [1.807, 2.05) is 25.7 Å². The molecule has 0 aromatic rings. The molecule has 1 amide bonds. The second kappa shape index (κ2) is 5.66. The third-order valence-electron chi connectivity index (χ3n) is 2.42. The van der Waals surface area contributed by atoms with Gasteiger partial charge in [0.15, 0.2) is 0 Å². The van der Waals surface area contributed by atoms with Crippen LogP contribution in [0.2, 0.25) is 0 Å². The largest absolute Gasteiger partial charge is 0.444 e. The third-order valence-corrected chi connectivity index (χ3v) is 2.42. The Kier molecular flexibility index (Phi) is 4.73. The van der Waals surface area contributed by atoms with Crippen LogP contribution in [0.25, 0.3) is 0 Å². The van der Waals surface area contributed by atoms with Crippen LogP contribution in [0, 0.1) is 0 Å². The molecule has 0 aromatic carbocycles. The van der Waals surface area contributed by atoms with Crippen LogP contribution in [0.3, 0.4) is 0 Å². The smallest absolute Gasteiger partial charge is 0.407 e. The Morgan fingerprint density at radius 1 is 1.59 bits per heavy atom. The summed E-state index contributed by atoms with van der Waals surface area (Å²) in [4.78, 5) is 13.5. The summed E-state index contributed by atoms with van der Waals surface area (Å²) in [5.41, 5.74) is 4.85. The molecule has 1 fully saturated rings. The lowest BCUT2D eigenvalue weighted by Gasteiger charge is -2.40. The van der Waals surface area contributed by atoms with Gasteiger partial charge < -0.3 is 20.9 Å². The fraction of sp³-hybridized carbons (Fsp3) is 0.909. The van der Waals surface area contributed by atoms with E-state index in [9.17, 15) is 9.90 Å². The van der Waals surface area contributed by atoms with Crippen molar-refractivity contribution in [3.63, 3.8) is 0 Å². The van der Waals surface area contributed by atoms with Gasteiger partial charge in [-0.2, -0.15) is 0 Å². The highest BCUT2D eigenvalue weighted by Crippen LogP contribution is 2.11. The van der Waals surface area contributed by atoms with E-state index in [-0.39, 0.29) is 18.7 Å². The number of nitrogens with one attached hydrogen (secondary N) is 1. The first-order valence-electron chi connectivity index (χ1n) is 5.90. The van der Waals surface area contributed by atoms with E-state index in [1.54, 1.807) is 0 Å². The van der Waals surface area contributed by atoms with Crippen LogP contribution in [0.1, 0.15) is 20.8 Å². The monoisotopic (exact) mass is 245 g/mol. The molecule has 1 heterocycles. The number of ether oxygens (including phenoxy) is 1. The average molecular weight is 245 g/mol. The van der Waals surface area contributed by atoms with Crippen LogP contribution in [0.15, 0.2) is 0 Å². The second-order valence-corrected chi connectivity index (χ2v) is 5.45. The molecule has 100 valence electrons. The van der Waals surface area contributed by atoms with E-state index in [2.05, 4.69) is 5.32 Å². The highest BCUT2D eigenvalue weighted by Gasteiger charge is 2.30. The van der Waals surface area contributed by atoms with Crippen molar-refractivity contribution in [3.05, 3.63) is 0 Å². The molecule has 1 aliphatic rings. The normalized spacial score (nSPS) is 19.6. The average Bonchev–Trinajstić information content (AvgIpc) is 2.11. The summed E-state index contributed by atoms with van der Waals surface area (Å²) in [5, 5.41) is 12.1. The summed E-state index contributed by atoms with van der Waals surface area (Å²) in [6.07, 6.45) is -0.876. The molecule has 0 aromatic heterocycles. The Labute approximate surface area is 102 Å². The van der Waals surface area contributed by atoms with E-state index in [4.69, 9.17) is 10.5 Å². The Hall–Kier alpha value is -0.850. The van der Waals surface area contributed by atoms with Gasteiger partial charge in [-0.25, -0.2) is 4.79 Å². The number of carbonyl (C=O) groups excluding carboxylic acids is 1. The summed E-state index contributed by atoms with van der Waals surface area (Å²) in [5.74, 6) is 0. The molecule has 1 saturated heterocycles. The predicted octanol–water partition coefficient (Wildman–Crippen LogP) is -0.485. The number of rotatable bonds is 4. The third kappa shape index (κ3) is 5.34. The molecule has 17 heavy (non-hydrogen) atoms. The van der Waals surface area contributed by atoms with E-state index >= 15 is 0 Å². The highest BCUT2D eigenvalue weighted by atomic mass is 16.6. The Morgan fingerprint density at radius 2 is 2.18 bits per heavy atom. The highest BCUT2D eigenvalue weighted by molar-refractivity contribution is 5.68. The lowest BCUT2D eigenvalue weighted by atomic mass is 10.1. The van der Waals surface area contributed by atoms with Crippen LogP contribution < -0.4 is 11.1 Å². The minimum atomic E-state index is -0.488. The van der Waals surface area contributed by atoms with Gasteiger partial charge in [0.1, 0.15) is 5.60 Å². The van der Waals surface area contributed by atoms with Crippen LogP contribution >= 0.6 is 0 Å². The molecule has 0 saturated carbocycles. The summed E-state index contributed by atoms with van der Waals surface area (Å²) in [6, 6.07) is 0.106. The van der Waals surface area contributed by atoms with Crippen molar-refractivity contribution >= 4 is 6.09 Å². The van der Waals surface area contributed by atoms with Crippen LogP contribution in [-0.4, -0.2) is 60.0 Å². The van der Waals surface area contributed by atoms with E-state index in [0.717, 1.165) is 13.1 Å². The van der Waals surface area contributed by atoms with Gasteiger partial charge in [-0.05, 0) is 20.8 Å². The van der Waals surface area contributed by atoms with Crippen molar-refractivity contribution in [3.8, 4) is 0 Å². The summed E-state index contributed by atoms with van der Waals surface area (Å²) in [7, 11) is 0.